The Morgan fingerprint density at radius 2 is 1.97 bits per heavy atom. The van der Waals surface area contributed by atoms with E-state index in [1.165, 1.54) is 6.07 Å². The monoisotopic (exact) mass is 494 g/mol. The summed E-state index contributed by atoms with van der Waals surface area (Å²) in [5.74, 6) is 0.0756. The summed E-state index contributed by atoms with van der Waals surface area (Å²) >= 11 is 0. The molecule has 1 saturated heterocycles. The number of rotatable bonds is 5. The number of fused-ring (bicyclic) bond motifs is 2. The van der Waals surface area contributed by atoms with Crippen molar-refractivity contribution < 1.29 is 28.5 Å². The Kier molecular flexibility index (Phi) is 5.62. The van der Waals surface area contributed by atoms with Gasteiger partial charge >= 0.3 is 5.97 Å². The van der Waals surface area contributed by atoms with Crippen LogP contribution in [0.15, 0.2) is 45.6 Å². The first-order valence-electron chi connectivity index (χ1n) is 11.9. The summed E-state index contributed by atoms with van der Waals surface area (Å²) in [5.41, 5.74) is 11.6. The van der Waals surface area contributed by atoms with Crippen molar-refractivity contribution in [3.63, 3.8) is 0 Å². The van der Waals surface area contributed by atoms with E-state index in [4.69, 9.17) is 30.1 Å². The van der Waals surface area contributed by atoms with Crippen molar-refractivity contribution in [3.8, 4) is 11.5 Å². The molecule has 0 aliphatic carbocycles. The number of epoxide rings is 1. The van der Waals surface area contributed by atoms with Crippen LogP contribution in [0.4, 0.5) is 0 Å². The first-order chi connectivity index (χ1) is 16.9. The first kappa shape index (κ1) is 24.3. The average Bonchev–Trinajstić information content (AvgIpc) is 3.44. The van der Waals surface area contributed by atoms with E-state index in [2.05, 4.69) is 0 Å². The highest BCUT2D eigenvalue weighted by Crippen LogP contribution is 2.45. The first-order valence-corrected chi connectivity index (χ1v) is 11.9. The molecule has 0 amide bonds. The number of carbonyl (C=O) groups is 1. The Morgan fingerprint density at radius 3 is 2.69 bits per heavy atom. The molecule has 2 aromatic carbocycles. The highest BCUT2D eigenvalue weighted by Gasteiger charge is 2.60. The van der Waals surface area contributed by atoms with Gasteiger partial charge in [0.25, 0.3) is 0 Å². The van der Waals surface area contributed by atoms with Gasteiger partial charge in [0.1, 0.15) is 46.0 Å². The minimum atomic E-state index is -1.11. The van der Waals surface area contributed by atoms with Crippen LogP contribution in [0, 0.1) is 6.92 Å². The minimum Gasteiger partial charge on any atom is -0.507 e. The lowest BCUT2D eigenvalue weighted by Crippen LogP contribution is -2.50. The Labute approximate surface area is 207 Å². The van der Waals surface area contributed by atoms with E-state index >= 15 is 0 Å². The summed E-state index contributed by atoms with van der Waals surface area (Å²) in [6.45, 7) is 6.96. The van der Waals surface area contributed by atoms with E-state index in [1.54, 1.807) is 33.8 Å². The summed E-state index contributed by atoms with van der Waals surface area (Å²) in [4.78, 5) is 25.7. The molecule has 3 heterocycles. The second kappa shape index (κ2) is 8.33. The van der Waals surface area contributed by atoms with Gasteiger partial charge in [-0.2, -0.15) is 0 Å². The largest absolute Gasteiger partial charge is 0.507 e. The van der Waals surface area contributed by atoms with Crippen LogP contribution >= 0.6 is 0 Å². The zero-order chi connectivity index (χ0) is 26.0. The lowest BCUT2D eigenvalue weighted by atomic mass is 9.89. The zero-order valence-electron chi connectivity index (χ0n) is 20.7. The quantitative estimate of drug-likeness (QED) is 0.276. The molecule has 0 bridgehead atoms. The van der Waals surface area contributed by atoms with Crippen molar-refractivity contribution in [1.29, 1.82) is 0 Å². The maximum absolute atomic E-state index is 13.2. The molecule has 2 aliphatic heterocycles. The fraction of sp³-hybridized carbons (Fsp3) is 0.407. The Morgan fingerprint density at radius 1 is 1.22 bits per heavy atom. The molecule has 0 saturated carbocycles. The molecule has 0 spiro atoms. The van der Waals surface area contributed by atoms with Crippen LogP contribution in [-0.4, -0.2) is 34.5 Å². The van der Waals surface area contributed by atoms with Crippen LogP contribution in [0.5, 0.6) is 11.5 Å². The highest BCUT2D eigenvalue weighted by molar-refractivity contribution is 5.87. The van der Waals surface area contributed by atoms with E-state index in [9.17, 15) is 14.7 Å². The number of hydrogen-bond donors (Lipinski definition) is 3. The molecule has 190 valence electrons. The van der Waals surface area contributed by atoms with Gasteiger partial charge in [0.2, 0.25) is 0 Å². The van der Waals surface area contributed by atoms with Crippen LogP contribution in [-0.2, 0) is 27.1 Å². The van der Waals surface area contributed by atoms with E-state index < -0.39 is 29.4 Å². The second-order valence-electron chi connectivity index (χ2n) is 10.3. The summed E-state index contributed by atoms with van der Waals surface area (Å²) in [6, 6.07) is 10.5. The maximum Gasteiger partial charge on any atom is 0.341 e. The molecule has 36 heavy (non-hydrogen) atoms. The lowest BCUT2D eigenvalue weighted by molar-refractivity contribution is -0.166. The fourth-order valence-corrected chi connectivity index (χ4v) is 4.76. The van der Waals surface area contributed by atoms with Crippen molar-refractivity contribution in [2.24, 2.45) is 11.5 Å². The molecule has 2 aliphatic rings. The Balaban J connectivity index is 1.35. The molecule has 1 fully saturated rings. The predicted octanol–water partition coefficient (Wildman–Crippen LogP) is 2.75. The molecule has 0 radical (unpaired) electrons. The second-order valence-corrected chi connectivity index (χ2v) is 10.3. The van der Waals surface area contributed by atoms with Crippen LogP contribution < -0.4 is 21.6 Å². The fourth-order valence-electron chi connectivity index (χ4n) is 4.76. The predicted molar refractivity (Wildman–Crippen MR) is 132 cm³/mol. The number of benzene rings is 2. The number of hydrogen-bond acceptors (Lipinski definition) is 9. The number of phenolic OH excluding ortho intramolecular Hbond substituents is 1. The molecule has 3 atom stereocenters. The van der Waals surface area contributed by atoms with Gasteiger partial charge in [-0.25, -0.2) is 4.79 Å². The number of aryl methyl sites for hydroxylation is 1. The molecule has 5 N–H and O–H groups in total. The van der Waals surface area contributed by atoms with Crippen LogP contribution in [0.2, 0.25) is 0 Å². The van der Waals surface area contributed by atoms with Gasteiger partial charge in [-0.3, -0.25) is 4.79 Å². The summed E-state index contributed by atoms with van der Waals surface area (Å²) in [7, 11) is 0. The minimum absolute atomic E-state index is 0.0738. The molecule has 3 aromatic rings. The topological polar surface area (TPSA) is 151 Å². The van der Waals surface area contributed by atoms with Gasteiger partial charge < -0.3 is 35.2 Å². The Bertz CT molecular complexity index is 1430. The van der Waals surface area contributed by atoms with Crippen molar-refractivity contribution >= 4 is 16.9 Å². The zero-order valence-corrected chi connectivity index (χ0v) is 20.7. The SMILES string of the molecule is Cc1cc(=O)c2c(O)c3c(cc2o1)OC(C)(C)C(OC(=O)C1(C)OC1Cc1cccc(C(N)N)c1)C3. The molecule has 3 unspecified atom stereocenters. The number of ether oxygens (including phenoxy) is 3. The number of aromatic hydroxyl groups is 1. The van der Waals surface area contributed by atoms with Crippen molar-refractivity contribution in [2.45, 2.75) is 70.1 Å². The molecule has 9 heteroatoms. The number of esters is 1. The van der Waals surface area contributed by atoms with Gasteiger partial charge in [0.05, 0.1) is 6.17 Å². The van der Waals surface area contributed by atoms with Crippen molar-refractivity contribution in [3.05, 3.63) is 69.1 Å². The van der Waals surface area contributed by atoms with Crippen LogP contribution in [0.1, 0.15) is 49.4 Å². The van der Waals surface area contributed by atoms with E-state index in [0.717, 1.165) is 11.1 Å². The van der Waals surface area contributed by atoms with E-state index in [1.807, 2.05) is 24.3 Å². The average molecular weight is 495 g/mol. The van der Waals surface area contributed by atoms with Crippen molar-refractivity contribution in [1.82, 2.24) is 0 Å². The lowest BCUT2D eigenvalue weighted by Gasteiger charge is -2.39. The van der Waals surface area contributed by atoms with Crippen molar-refractivity contribution in [2.75, 3.05) is 0 Å². The van der Waals surface area contributed by atoms with Gasteiger partial charge in [-0.05, 0) is 38.8 Å². The Hall–Kier alpha value is -3.40. The smallest absolute Gasteiger partial charge is 0.341 e. The van der Waals surface area contributed by atoms with Gasteiger partial charge in [0, 0.05) is 30.5 Å². The van der Waals surface area contributed by atoms with Gasteiger partial charge in [-0.1, -0.05) is 24.3 Å². The van der Waals surface area contributed by atoms with Gasteiger partial charge in [0.15, 0.2) is 11.0 Å². The van der Waals surface area contributed by atoms with Crippen LogP contribution in [0.25, 0.3) is 11.0 Å². The third-order valence-electron chi connectivity index (χ3n) is 7.07. The normalized spacial score (nSPS) is 24.3. The third kappa shape index (κ3) is 4.13. The summed E-state index contributed by atoms with van der Waals surface area (Å²) < 4.78 is 23.4. The van der Waals surface area contributed by atoms with E-state index in [0.29, 0.717) is 23.5 Å². The maximum atomic E-state index is 13.2. The summed E-state index contributed by atoms with van der Waals surface area (Å²) in [5, 5.41) is 11.0. The third-order valence-corrected chi connectivity index (χ3v) is 7.07. The molecular weight excluding hydrogens is 464 g/mol. The number of nitrogens with two attached hydrogens (primary N) is 2. The molecule has 5 rings (SSSR count). The number of phenols is 1. The summed E-state index contributed by atoms with van der Waals surface area (Å²) in [6.07, 6.45) is -0.998. The molecule has 9 nitrogen and oxygen atoms in total. The number of carbonyl (C=O) groups excluding carboxylic acids is 1. The van der Waals surface area contributed by atoms with Crippen LogP contribution in [0.3, 0.4) is 0 Å². The highest BCUT2D eigenvalue weighted by atomic mass is 16.7. The van der Waals surface area contributed by atoms with E-state index in [-0.39, 0.29) is 34.7 Å². The molecule has 1 aromatic heterocycles. The molecular formula is C27H30N2O7. The standard InChI is InChI=1S/C27H30N2O7/c1-13-8-17(30)22-19(33-13)12-18-16(23(22)31)11-20(26(2,3)35-18)34-25(32)27(4)21(36-27)10-14-6-5-7-15(9-14)24(28)29/h5-9,12,20-21,24,31H,10-11,28-29H2,1-4H3. The van der Waals surface area contributed by atoms with Gasteiger partial charge in [-0.15, -0.1) is 0 Å².